The molecule has 6 heteroatoms. The average molecular weight is 385 g/mol. The maximum Gasteiger partial charge on any atom is 0.0747 e. The van der Waals surface area contributed by atoms with Crippen molar-refractivity contribution in [1.82, 2.24) is 19.7 Å². The first kappa shape index (κ1) is 18.4. The summed E-state index contributed by atoms with van der Waals surface area (Å²) in [4.78, 5) is 6.94. The van der Waals surface area contributed by atoms with E-state index in [0.717, 1.165) is 41.1 Å². The average Bonchev–Trinajstić information content (AvgIpc) is 3.28. The maximum atomic E-state index is 9.93. The van der Waals surface area contributed by atoms with Gasteiger partial charge < -0.3 is 5.11 Å². The van der Waals surface area contributed by atoms with Crippen molar-refractivity contribution in [3.63, 3.8) is 0 Å². The first-order valence-corrected chi connectivity index (χ1v) is 9.83. The van der Waals surface area contributed by atoms with E-state index >= 15 is 0 Å². The molecule has 0 bridgehead atoms. The first-order chi connectivity index (χ1) is 13.0. The summed E-state index contributed by atoms with van der Waals surface area (Å²) in [5.74, 6) is 0.508. The Balaban J connectivity index is 1.57. The summed E-state index contributed by atoms with van der Waals surface area (Å²) in [5, 5.41) is 16.2. The number of hydrogen-bond donors (Lipinski definition) is 1. The number of rotatable bonds is 5. The molecule has 2 aromatic heterocycles. The molecule has 0 spiro atoms. The molecule has 1 fully saturated rings. The second kappa shape index (κ2) is 7.58. The van der Waals surface area contributed by atoms with E-state index < -0.39 is 0 Å². The van der Waals surface area contributed by atoms with Crippen LogP contribution in [0.1, 0.15) is 36.9 Å². The van der Waals surface area contributed by atoms with Crippen LogP contribution in [0.4, 0.5) is 0 Å². The van der Waals surface area contributed by atoms with Gasteiger partial charge in [-0.1, -0.05) is 17.7 Å². The molecule has 0 aliphatic carbocycles. The van der Waals surface area contributed by atoms with Crippen molar-refractivity contribution in [2.75, 3.05) is 19.7 Å². The molecule has 1 N–H and O–H groups in total. The van der Waals surface area contributed by atoms with Crippen LogP contribution in [0.3, 0.4) is 0 Å². The molecule has 142 valence electrons. The van der Waals surface area contributed by atoms with Crippen molar-refractivity contribution in [3.05, 3.63) is 59.0 Å². The Morgan fingerprint density at radius 2 is 2.15 bits per heavy atom. The molecule has 3 heterocycles. The van der Waals surface area contributed by atoms with Gasteiger partial charge in [0.2, 0.25) is 0 Å². The van der Waals surface area contributed by atoms with Gasteiger partial charge in [0.25, 0.3) is 0 Å². The summed E-state index contributed by atoms with van der Waals surface area (Å²) in [5.41, 5.74) is 3.34. The van der Waals surface area contributed by atoms with Crippen LogP contribution in [0.15, 0.2) is 42.9 Å². The molecule has 1 aliphatic rings. The van der Waals surface area contributed by atoms with Crippen LogP contribution in [-0.2, 0) is 6.54 Å². The fraction of sp³-hybridized carbons (Fsp3) is 0.429. The quantitative estimate of drug-likeness (QED) is 0.725. The van der Waals surface area contributed by atoms with Crippen molar-refractivity contribution >= 4 is 22.5 Å². The smallest absolute Gasteiger partial charge is 0.0747 e. The van der Waals surface area contributed by atoms with Crippen molar-refractivity contribution in [1.29, 1.82) is 0 Å². The normalized spacial score (nSPS) is 20.8. The van der Waals surface area contributed by atoms with Gasteiger partial charge in [0.05, 0.1) is 11.7 Å². The second-order valence-corrected chi connectivity index (χ2v) is 8.17. The number of aliphatic hydroxyl groups is 1. The van der Waals surface area contributed by atoms with Crippen LogP contribution in [-0.4, -0.2) is 44.5 Å². The molecule has 4 rings (SSSR count). The highest BCUT2D eigenvalue weighted by Crippen LogP contribution is 2.34. The van der Waals surface area contributed by atoms with E-state index in [9.17, 15) is 5.11 Å². The molecule has 5 nitrogen and oxygen atoms in total. The Morgan fingerprint density at radius 3 is 2.89 bits per heavy atom. The van der Waals surface area contributed by atoms with E-state index in [0.29, 0.717) is 12.0 Å². The number of aliphatic hydroxyl groups excluding tert-OH is 1. The summed E-state index contributed by atoms with van der Waals surface area (Å²) in [6.07, 6.45) is 5.90. The lowest BCUT2D eigenvalue weighted by Crippen LogP contribution is -2.21. The molecular formula is C21H25ClN4O. The Labute approximate surface area is 164 Å². The van der Waals surface area contributed by atoms with Crippen molar-refractivity contribution in [2.45, 2.75) is 32.4 Å². The third-order valence-corrected chi connectivity index (χ3v) is 5.69. The number of aromatic nitrogens is 3. The van der Waals surface area contributed by atoms with Gasteiger partial charge in [-0.15, -0.1) is 0 Å². The molecule has 0 radical (unpaired) electrons. The predicted molar refractivity (Wildman–Crippen MR) is 108 cm³/mol. The minimum absolute atomic E-state index is 0.183. The number of pyridine rings is 1. The Kier molecular flexibility index (Phi) is 5.17. The van der Waals surface area contributed by atoms with Gasteiger partial charge in [0, 0.05) is 66.9 Å². The zero-order valence-electron chi connectivity index (χ0n) is 15.7. The van der Waals surface area contributed by atoms with Crippen LogP contribution in [0, 0.1) is 5.92 Å². The van der Waals surface area contributed by atoms with E-state index in [2.05, 4.69) is 35.0 Å². The molecule has 1 aliphatic heterocycles. The van der Waals surface area contributed by atoms with Gasteiger partial charge in [-0.05, 0) is 43.2 Å². The van der Waals surface area contributed by atoms with Gasteiger partial charge in [0.1, 0.15) is 0 Å². The highest BCUT2D eigenvalue weighted by Gasteiger charge is 2.34. The van der Waals surface area contributed by atoms with E-state index in [4.69, 9.17) is 11.6 Å². The fourth-order valence-corrected chi connectivity index (χ4v) is 4.32. The highest BCUT2D eigenvalue weighted by atomic mass is 35.5. The summed E-state index contributed by atoms with van der Waals surface area (Å²) in [6.45, 7) is 6.96. The fourth-order valence-electron chi connectivity index (χ4n) is 4.07. The number of nitrogens with zero attached hydrogens (tertiary/aromatic N) is 4. The predicted octanol–water partition coefficient (Wildman–Crippen LogP) is 3.87. The monoisotopic (exact) mass is 384 g/mol. The lowest BCUT2D eigenvalue weighted by Gasteiger charge is -2.17. The summed E-state index contributed by atoms with van der Waals surface area (Å²) >= 11 is 6.32. The van der Waals surface area contributed by atoms with Crippen molar-refractivity contribution in [3.8, 4) is 0 Å². The maximum absolute atomic E-state index is 9.93. The van der Waals surface area contributed by atoms with E-state index in [1.165, 1.54) is 5.56 Å². The van der Waals surface area contributed by atoms with E-state index in [1.807, 2.05) is 41.3 Å². The zero-order chi connectivity index (χ0) is 19.0. The molecular weight excluding hydrogens is 360 g/mol. The highest BCUT2D eigenvalue weighted by molar-refractivity contribution is 6.31. The van der Waals surface area contributed by atoms with E-state index in [-0.39, 0.29) is 12.5 Å². The minimum atomic E-state index is 0.183. The molecule has 2 atom stereocenters. The van der Waals surface area contributed by atoms with Gasteiger partial charge in [-0.2, -0.15) is 5.10 Å². The van der Waals surface area contributed by atoms with Crippen LogP contribution in [0.5, 0.6) is 0 Å². The summed E-state index contributed by atoms with van der Waals surface area (Å²) in [7, 11) is 0. The van der Waals surface area contributed by atoms with Gasteiger partial charge in [-0.3, -0.25) is 14.6 Å². The third kappa shape index (κ3) is 3.72. The number of fused-ring (bicyclic) bond motifs is 1. The zero-order valence-corrected chi connectivity index (χ0v) is 16.5. The Morgan fingerprint density at radius 1 is 1.30 bits per heavy atom. The number of hydrogen-bond acceptors (Lipinski definition) is 4. The van der Waals surface area contributed by atoms with Gasteiger partial charge in [-0.25, -0.2) is 0 Å². The molecule has 1 aromatic carbocycles. The van der Waals surface area contributed by atoms with Gasteiger partial charge in [0.15, 0.2) is 0 Å². The minimum Gasteiger partial charge on any atom is -0.396 e. The number of halogens is 1. The Hall–Kier alpha value is -1.95. The second-order valence-electron chi connectivity index (χ2n) is 7.73. The molecule has 0 amide bonds. The lowest BCUT2D eigenvalue weighted by molar-refractivity contribution is 0.214. The summed E-state index contributed by atoms with van der Waals surface area (Å²) in [6, 6.07) is 8.28. The van der Waals surface area contributed by atoms with Crippen LogP contribution in [0.25, 0.3) is 10.9 Å². The first-order valence-electron chi connectivity index (χ1n) is 9.45. The van der Waals surface area contributed by atoms with Crippen molar-refractivity contribution in [2.24, 2.45) is 5.92 Å². The third-order valence-electron chi connectivity index (χ3n) is 5.47. The molecule has 0 saturated carbocycles. The topological polar surface area (TPSA) is 54.2 Å². The van der Waals surface area contributed by atoms with E-state index in [1.54, 1.807) is 0 Å². The number of benzene rings is 1. The summed E-state index contributed by atoms with van der Waals surface area (Å²) < 4.78 is 1.99. The van der Waals surface area contributed by atoms with Crippen LogP contribution >= 0.6 is 11.6 Å². The molecule has 0 unspecified atom stereocenters. The standard InChI is InChI=1S/C21H25ClN4O/c1-14(2)26-11-17(8-24-26)20-12-25(10-18(20)13-27)9-16-7-19(22)6-15-4-3-5-23-21(15)16/h3-8,11,14,18,20,27H,9-10,12-13H2,1-2H3/t18-,20-/m0/s1. The molecule has 27 heavy (non-hydrogen) atoms. The SMILES string of the molecule is CC(C)n1cc([C@@H]2CN(Cc3cc(Cl)cc4cccnc34)C[C@H]2CO)cn1. The molecule has 1 saturated heterocycles. The van der Waals surface area contributed by atoms with Crippen molar-refractivity contribution < 1.29 is 5.11 Å². The molecule has 3 aromatic rings. The lowest BCUT2D eigenvalue weighted by atomic mass is 9.92. The Bertz CT molecular complexity index is 939. The largest absolute Gasteiger partial charge is 0.396 e. The van der Waals surface area contributed by atoms with Crippen LogP contribution < -0.4 is 0 Å². The van der Waals surface area contributed by atoms with Crippen LogP contribution in [0.2, 0.25) is 5.02 Å². The number of likely N-dealkylation sites (tertiary alicyclic amines) is 1. The van der Waals surface area contributed by atoms with Gasteiger partial charge >= 0.3 is 0 Å².